The van der Waals surface area contributed by atoms with Crippen LogP contribution in [0.25, 0.3) is 0 Å². The maximum Gasteiger partial charge on any atom is 0.203 e. The Labute approximate surface area is 120 Å². The molecule has 0 fully saturated rings. The number of Topliss-reactive ketones (excluding diaryl/α,β-unsaturated/α-hetero) is 1. The lowest BCUT2D eigenvalue weighted by Crippen LogP contribution is -2.05. The minimum Gasteiger partial charge on any atom is -0.508 e. The van der Waals surface area contributed by atoms with Crippen LogP contribution in [-0.4, -0.2) is 33.3 Å². The predicted molar refractivity (Wildman–Crippen MR) is 74.1 cm³/mol. The number of ether oxygens (including phenoxy) is 1. The molecule has 0 bridgehead atoms. The third-order valence-corrected chi connectivity index (χ3v) is 3.00. The quantitative estimate of drug-likeness (QED) is 0.641. The van der Waals surface area contributed by atoms with Gasteiger partial charge in [0.15, 0.2) is 17.3 Å². The van der Waals surface area contributed by atoms with Crippen molar-refractivity contribution < 1.29 is 30.0 Å². The van der Waals surface area contributed by atoms with Crippen molar-refractivity contribution in [2.75, 3.05) is 7.11 Å². The molecule has 0 spiro atoms. The van der Waals surface area contributed by atoms with Crippen LogP contribution in [0.4, 0.5) is 0 Å². The average molecular weight is 290 g/mol. The van der Waals surface area contributed by atoms with Gasteiger partial charge in [-0.15, -0.1) is 0 Å². The molecular formula is C15H14O6. The summed E-state index contributed by atoms with van der Waals surface area (Å²) >= 11 is 0. The molecule has 6 heteroatoms. The zero-order chi connectivity index (χ0) is 15.6. The van der Waals surface area contributed by atoms with E-state index in [0.29, 0.717) is 5.56 Å². The van der Waals surface area contributed by atoms with Gasteiger partial charge in [0.25, 0.3) is 0 Å². The van der Waals surface area contributed by atoms with Crippen LogP contribution < -0.4 is 4.74 Å². The summed E-state index contributed by atoms with van der Waals surface area (Å²) in [5, 5.41) is 38.4. The molecule has 2 rings (SSSR count). The van der Waals surface area contributed by atoms with E-state index in [0.717, 1.165) is 6.07 Å². The zero-order valence-corrected chi connectivity index (χ0v) is 11.2. The van der Waals surface area contributed by atoms with Gasteiger partial charge in [-0.3, -0.25) is 4.79 Å². The van der Waals surface area contributed by atoms with Gasteiger partial charge in [-0.25, -0.2) is 0 Å². The van der Waals surface area contributed by atoms with Gasteiger partial charge < -0.3 is 25.2 Å². The number of methoxy groups -OCH3 is 1. The summed E-state index contributed by atoms with van der Waals surface area (Å²) in [5.41, 5.74) is 0.279. The van der Waals surface area contributed by atoms with E-state index >= 15 is 0 Å². The first-order valence-electron chi connectivity index (χ1n) is 6.07. The number of phenolic OH excluding ortho intramolecular Hbond substituents is 4. The molecule has 0 aliphatic heterocycles. The molecule has 0 saturated carbocycles. The van der Waals surface area contributed by atoms with Crippen molar-refractivity contribution in [3.8, 4) is 28.7 Å². The van der Waals surface area contributed by atoms with Gasteiger partial charge in [-0.1, -0.05) is 12.1 Å². The molecular weight excluding hydrogens is 276 g/mol. The number of hydrogen-bond donors (Lipinski definition) is 4. The summed E-state index contributed by atoms with van der Waals surface area (Å²) in [4.78, 5) is 12.2. The number of hydrogen-bond acceptors (Lipinski definition) is 6. The summed E-state index contributed by atoms with van der Waals surface area (Å²) in [6, 6.07) is 6.90. The highest BCUT2D eigenvalue weighted by Gasteiger charge is 2.23. The smallest absolute Gasteiger partial charge is 0.203 e. The lowest BCUT2D eigenvalue weighted by molar-refractivity contribution is 0.0987. The minimum absolute atomic E-state index is 0.0724. The number of aromatic hydroxyl groups is 4. The second-order valence-electron chi connectivity index (χ2n) is 4.44. The SMILES string of the molecule is COc1c(O)cc(O)c(C(=O)Cc2ccc(O)cc2)c1O. The molecule has 0 aliphatic carbocycles. The van der Waals surface area contributed by atoms with Gasteiger partial charge in [0.05, 0.1) is 7.11 Å². The molecule has 6 nitrogen and oxygen atoms in total. The molecule has 0 radical (unpaired) electrons. The average Bonchev–Trinajstić information content (AvgIpc) is 2.41. The van der Waals surface area contributed by atoms with Crippen molar-refractivity contribution in [3.05, 3.63) is 41.5 Å². The van der Waals surface area contributed by atoms with Crippen molar-refractivity contribution in [1.29, 1.82) is 0 Å². The molecule has 0 saturated heterocycles. The fourth-order valence-electron chi connectivity index (χ4n) is 1.99. The maximum atomic E-state index is 12.2. The summed E-state index contributed by atoms with van der Waals surface area (Å²) < 4.78 is 4.79. The van der Waals surface area contributed by atoms with Crippen molar-refractivity contribution in [1.82, 2.24) is 0 Å². The molecule has 2 aromatic rings. The third kappa shape index (κ3) is 2.84. The maximum absolute atomic E-state index is 12.2. The highest BCUT2D eigenvalue weighted by atomic mass is 16.5. The van der Waals surface area contributed by atoms with Crippen LogP contribution >= 0.6 is 0 Å². The number of phenols is 4. The van der Waals surface area contributed by atoms with E-state index in [2.05, 4.69) is 0 Å². The first-order chi connectivity index (χ1) is 9.93. The number of carbonyl (C=O) groups excluding carboxylic acids is 1. The molecule has 110 valence electrons. The van der Waals surface area contributed by atoms with Crippen LogP contribution in [0.2, 0.25) is 0 Å². The molecule has 4 N–H and O–H groups in total. The molecule has 0 unspecified atom stereocenters. The van der Waals surface area contributed by atoms with E-state index in [4.69, 9.17) is 4.74 Å². The highest BCUT2D eigenvalue weighted by molar-refractivity contribution is 6.03. The van der Waals surface area contributed by atoms with Crippen LogP contribution in [0.15, 0.2) is 30.3 Å². The number of ketones is 1. The van der Waals surface area contributed by atoms with Crippen LogP contribution in [0.3, 0.4) is 0 Å². The number of benzene rings is 2. The lowest BCUT2D eigenvalue weighted by atomic mass is 10.0. The van der Waals surface area contributed by atoms with Gasteiger partial charge in [-0.2, -0.15) is 0 Å². The molecule has 0 atom stereocenters. The largest absolute Gasteiger partial charge is 0.508 e. The Morgan fingerprint density at radius 1 is 1.05 bits per heavy atom. The molecule has 21 heavy (non-hydrogen) atoms. The Bertz CT molecular complexity index is 676. The van der Waals surface area contributed by atoms with E-state index in [-0.39, 0.29) is 23.5 Å². The topological polar surface area (TPSA) is 107 Å². The van der Waals surface area contributed by atoms with Crippen LogP contribution in [0.1, 0.15) is 15.9 Å². The first kappa shape index (κ1) is 14.5. The molecule has 0 aliphatic rings. The highest BCUT2D eigenvalue weighted by Crippen LogP contribution is 2.43. The van der Waals surface area contributed by atoms with E-state index < -0.39 is 23.0 Å². The van der Waals surface area contributed by atoms with E-state index in [1.165, 1.54) is 19.2 Å². The summed E-state index contributed by atoms with van der Waals surface area (Å²) in [6.07, 6.45) is -0.0880. The Hall–Kier alpha value is -2.89. The second-order valence-corrected chi connectivity index (χ2v) is 4.44. The fourth-order valence-corrected chi connectivity index (χ4v) is 1.99. The summed E-state index contributed by atoms with van der Waals surface area (Å²) in [7, 11) is 1.22. The number of carbonyl (C=O) groups is 1. The molecule has 0 heterocycles. The molecule has 0 aromatic heterocycles. The lowest BCUT2D eigenvalue weighted by Gasteiger charge is -2.12. The minimum atomic E-state index is -0.612. The number of rotatable bonds is 4. The Balaban J connectivity index is 2.37. The van der Waals surface area contributed by atoms with Gasteiger partial charge in [0.2, 0.25) is 5.75 Å². The Morgan fingerprint density at radius 3 is 2.24 bits per heavy atom. The molecule has 2 aromatic carbocycles. The van der Waals surface area contributed by atoms with Crippen molar-refractivity contribution in [2.24, 2.45) is 0 Å². The predicted octanol–water partition coefficient (Wildman–Crippen LogP) is 1.94. The Kier molecular flexibility index (Phi) is 3.89. The van der Waals surface area contributed by atoms with Gasteiger partial charge in [0.1, 0.15) is 17.1 Å². The van der Waals surface area contributed by atoms with Crippen molar-refractivity contribution >= 4 is 5.78 Å². The monoisotopic (exact) mass is 290 g/mol. The van der Waals surface area contributed by atoms with E-state index in [1.54, 1.807) is 12.1 Å². The van der Waals surface area contributed by atoms with Crippen molar-refractivity contribution in [3.63, 3.8) is 0 Å². The van der Waals surface area contributed by atoms with Gasteiger partial charge in [0, 0.05) is 12.5 Å². The van der Waals surface area contributed by atoms with Gasteiger partial charge >= 0.3 is 0 Å². The normalized spacial score (nSPS) is 10.3. The molecule has 0 amide bonds. The Morgan fingerprint density at radius 2 is 1.67 bits per heavy atom. The fraction of sp³-hybridized carbons (Fsp3) is 0.133. The first-order valence-corrected chi connectivity index (χ1v) is 6.07. The van der Waals surface area contributed by atoms with E-state index in [9.17, 15) is 25.2 Å². The van der Waals surface area contributed by atoms with Crippen LogP contribution in [-0.2, 0) is 6.42 Å². The second kappa shape index (κ2) is 5.62. The third-order valence-electron chi connectivity index (χ3n) is 3.00. The summed E-state index contributed by atoms with van der Waals surface area (Å²) in [5.74, 6) is -2.36. The van der Waals surface area contributed by atoms with E-state index in [1.807, 2.05) is 0 Å². The van der Waals surface area contributed by atoms with Gasteiger partial charge in [-0.05, 0) is 17.7 Å². The zero-order valence-electron chi connectivity index (χ0n) is 11.2. The standard InChI is InChI=1S/C15H14O6/c1-21-15-12(19)7-11(18)13(14(15)20)10(17)6-8-2-4-9(16)5-3-8/h2-5,7,16,18-20H,6H2,1H3. The van der Waals surface area contributed by atoms with Crippen LogP contribution in [0, 0.1) is 0 Å². The van der Waals surface area contributed by atoms with Crippen LogP contribution in [0.5, 0.6) is 28.7 Å². The summed E-state index contributed by atoms with van der Waals surface area (Å²) in [6.45, 7) is 0. The van der Waals surface area contributed by atoms with Crippen molar-refractivity contribution in [2.45, 2.75) is 6.42 Å².